The van der Waals surface area contributed by atoms with Crippen LogP contribution in [0, 0.1) is 23.7 Å². The summed E-state index contributed by atoms with van der Waals surface area (Å²) in [7, 11) is 3.30. The number of halogens is 1. The Morgan fingerprint density at radius 1 is 1.17 bits per heavy atom. The Kier molecular flexibility index (Phi) is 5.99. The standard InChI is InChI=1S/C22H27ClN4O3/c1-24-22(25-8-7-13-5-6-16(30-2)12-17(13)23)26-9-10-27-20(28)18-14-3-4-15(11-14)19(18)21(27)29/h3-6,12,14-15,18-19H,7-11H2,1-2H3,(H2,24,25,26). The van der Waals surface area contributed by atoms with E-state index in [0.29, 0.717) is 30.6 Å². The van der Waals surface area contributed by atoms with Crippen LogP contribution in [0.1, 0.15) is 12.0 Å². The molecule has 7 nitrogen and oxygen atoms in total. The summed E-state index contributed by atoms with van der Waals surface area (Å²) in [5.41, 5.74) is 1.02. The van der Waals surface area contributed by atoms with Crippen LogP contribution in [-0.2, 0) is 16.0 Å². The number of nitrogens with zero attached hydrogens (tertiary/aromatic N) is 2. The molecule has 8 heteroatoms. The highest BCUT2D eigenvalue weighted by molar-refractivity contribution is 6.31. The highest BCUT2D eigenvalue weighted by Crippen LogP contribution is 2.52. The summed E-state index contributed by atoms with van der Waals surface area (Å²) in [6, 6.07) is 5.63. The highest BCUT2D eigenvalue weighted by atomic mass is 35.5. The van der Waals surface area contributed by atoms with E-state index in [1.165, 1.54) is 4.90 Å². The van der Waals surface area contributed by atoms with Crippen molar-refractivity contribution >= 4 is 29.4 Å². The van der Waals surface area contributed by atoms with Crippen LogP contribution in [0.25, 0.3) is 0 Å². The van der Waals surface area contributed by atoms with Gasteiger partial charge in [0.25, 0.3) is 0 Å². The SMILES string of the molecule is CN=C(NCCc1ccc(OC)cc1Cl)NCCN1C(=O)C2C3C=CC(C3)C2C1=O. The van der Waals surface area contributed by atoms with Crippen molar-refractivity contribution in [2.24, 2.45) is 28.7 Å². The summed E-state index contributed by atoms with van der Waals surface area (Å²) in [4.78, 5) is 31.1. The molecule has 0 radical (unpaired) electrons. The predicted octanol–water partition coefficient (Wildman–Crippen LogP) is 1.86. The third-order valence-electron chi connectivity index (χ3n) is 6.36. The second-order valence-corrected chi connectivity index (χ2v) is 8.37. The normalized spacial score (nSPS) is 27.0. The zero-order valence-electron chi connectivity index (χ0n) is 17.2. The number of imide groups is 1. The fourth-order valence-corrected chi connectivity index (χ4v) is 5.13. The monoisotopic (exact) mass is 430 g/mol. The second kappa shape index (κ2) is 8.68. The van der Waals surface area contributed by atoms with Gasteiger partial charge in [0.2, 0.25) is 11.8 Å². The number of carbonyl (C=O) groups is 2. The van der Waals surface area contributed by atoms with E-state index >= 15 is 0 Å². The number of rotatable bonds is 7. The third kappa shape index (κ3) is 3.78. The molecule has 0 aromatic heterocycles. The quantitative estimate of drug-likeness (QED) is 0.298. The minimum absolute atomic E-state index is 0.0132. The van der Waals surface area contributed by atoms with E-state index in [1.807, 2.05) is 12.1 Å². The molecular weight excluding hydrogens is 404 g/mol. The maximum absolute atomic E-state index is 12.7. The number of ether oxygens (including phenoxy) is 1. The van der Waals surface area contributed by atoms with Crippen molar-refractivity contribution < 1.29 is 14.3 Å². The maximum atomic E-state index is 12.7. The molecule has 1 aromatic rings. The lowest BCUT2D eigenvalue weighted by atomic mass is 9.85. The van der Waals surface area contributed by atoms with Gasteiger partial charge in [0.1, 0.15) is 5.75 Å². The smallest absolute Gasteiger partial charge is 0.233 e. The van der Waals surface area contributed by atoms with Crippen molar-refractivity contribution in [2.75, 3.05) is 33.8 Å². The van der Waals surface area contributed by atoms with Gasteiger partial charge >= 0.3 is 0 Å². The summed E-state index contributed by atoms with van der Waals surface area (Å²) in [6.07, 6.45) is 5.90. The number of hydrogen-bond donors (Lipinski definition) is 2. The van der Waals surface area contributed by atoms with E-state index < -0.39 is 0 Å². The molecule has 4 rings (SSSR count). The molecule has 2 amide bonds. The average molecular weight is 431 g/mol. The van der Waals surface area contributed by atoms with E-state index in [9.17, 15) is 9.59 Å². The van der Waals surface area contributed by atoms with Crippen molar-refractivity contribution in [3.05, 3.63) is 40.9 Å². The molecular formula is C22H27ClN4O3. The van der Waals surface area contributed by atoms with Gasteiger partial charge in [-0.2, -0.15) is 0 Å². The molecule has 4 unspecified atom stereocenters. The lowest BCUT2D eigenvalue weighted by Gasteiger charge is -2.18. The van der Waals surface area contributed by atoms with Crippen LogP contribution in [-0.4, -0.2) is 56.5 Å². The minimum Gasteiger partial charge on any atom is -0.497 e. The lowest BCUT2D eigenvalue weighted by Crippen LogP contribution is -2.44. The van der Waals surface area contributed by atoms with Crippen LogP contribution in [0.4, 0.5) is 0 Å². The highest BCUT2D eigenvalue weighted by Gasteiger charge is 2.58. The van der Waals surface area contributed by atoms with Crippen LogP contribution >= 0.6 is 11.6 Å². The van der Waals surface area contributed by atoms with Gasteiger partial charge in [-0.25, -0.2) is 0 Å². The molecule has 4 atom stereocenters. The van der Waals surface area contributed by atoms with Gasteiger partial charge in [-0.05, 0) is 42.4 Å². The molecule has 1 aliphatic heterocycles. The Bertz CT molecular complexity index is 870. The summed E-state index contributed by atoms with van der Waals surface area (Å²) < 4.78 is 5.17. The Hall–Kier alpha value is -2.54. The Labute approximate surface area is 181 Å². The van der Waals surface area contributed by atoms with Crippen LogP contribution in [0.2, 0.25) is 5.02 Å². The zero-order valence-corrected chi connectivity index (χ0v) is 18.0. The number of allylic oxidation sites excluding steroid dienone is 2. The summed E-state index contributed by atoms with van der Waals surface area (Å²) in [5, 5.41) is 7.09. The molecule has 1 aromatic carbocycles. The van der Waals surface area contributed by atoms with Crippen LogP contribution < -0.4 is 15.4 Å². The average Bonchev–Trinajstić information content (AvgIpc) is 3.43. The molecule has 30 heavy (non-hydrogen) atoms. The first-order chi connectivity index (χ1) is 14.5. The minimum atomic E-state index is -0.140. The second-order valence-electron chi connectivity index (χ2n) is 7.96. The number of carbonyl (C=O) groups excluding carboxylic acids is 2. The number of nitrogens with one attached hydrogen (secondary N) is 2. The molecule has 160 valence electrons. The molecule has 2 N–H and O–H groups in total. The van der Waals surface area contributed by atoms with E-state index in [1.54, 1.807) is 20.2 Å². The first-order valence-corrected chi connectivity index (χ1v) is 10.7. The zero-order chi connectivity index (χ0) is 21.3. The van der Waals surface area contributed by atoms with Crippen LogP contribution in [0.3, 0.4) is 0 Å². The number of hydrogen-bond acceptors (Lipinski definition) is 4. The molecule has 1 heterocycles. The number of benzene rings is 1. The van der Waals surface area contributed by atoms with Crippen molar-refractivity contribution in [3.8, 4) is 5.75 Å². The van der Waals surface area contributed by atoms with E-state index in [0.717, 1.165) is 24.2 Å². The first kappa shape index (κ1) is 20.7. The van der Waals surface area contributed by atoms with Gasteiger partial charge in [0.05, 0.1) is 18.9 Å². The molecule has 3 aliphatic rings. The van der Waals surface area contributed by atoms with Crippen molar-refractivity contribution in [1.29, 1.82) is 0 Å². The van der Waals surface area contributed by atoms with Crippen LogP contribution in [0.15, 0.2) is 35.3 Å². The van der Waals surface area contributed by atoms with E-state index in [2.05, 4.69) is 27.8 Å². The number of methoxy groups -OCH3 is 1. The fourth-order valence-electron chi connectivity index (χ4n) is 4.86. The Morgan fingerprint density at radius 3 is 2.43 bits per heavy atom. The molecule has 1 saturated heterocycles. The van der Waals surface area contributed by atoms with Gasteiger partial charge in [-0.1, -0.05) is 29.8 Å². The summed E-state index contributed by atoms with van der Waals surface area (Å²) in [6.45, 7) is 1.46. The van der Waals surface area contributed by atoms with Gasteiger partial charge in [-0.3, -0.25) is 19.5 Å². The number of aliphatic imine (C=N–C) groups is 1. The van der Waals surface area contributed by atoms with Crippen molar-refractivity contribution in [3.63, 3.8) is 0 Å². The summed E-state index contributed by atoms with van der Waals surface area (Å²) in [5.74, 6) is 1.54. The predicted molar refractivity (Wildman–Crippen MR) is 116 cm³/mol. The molecule has 2 bridgehead atoms. The number of amides is 2. The molecule has 2 aliphatic carbocycles. The van der Waals surface area contributed by atoms with Gasteiger partial charge < -0.3 is 15.4 Å². The largest absolute Gasteiger partial charge is 0.497 e. The first-order valence-electron chi connectivity index (χ1n) is 10.3. The Balaban J connectivity index is 1.23. The van der Waals surface area contributed by atoms with Gasteiger partial charge in [0, 0.05) is 31.7 Å². The Morgan fingerprint density at radius 2 is 1.83 bits per heavy atom. The third-order valence-corrected chi connectivity index (χ3v) is 6.71. The van der Waals surface area contributed by atoms with Gasteiger partial charge in [0.15, 0.2) is 5.96 Å². The van der Waals surface area contributed by atoms with E-state index in [4.69, 9.17) is 16.3 Å². The number of fused-ring (bicyclic) bond motifs is 5. The van der Waals surface area contributed by atoms with Gasteiger partial charge in [-0.15, -0.1) is 0 Å². The van der Waals surface area contributed by atoms with Crippen molar-refractivity contribution in [2.45, 2.75) is 12.8 Å². The molecule has 1 saturated carbocycles. The van der Waals surface area contributed by atoms with E-state index in [-0.39, 0.29) is 35.5 Å². The maximum Gasteiger partial charge on any atom is 0.233 e. The van der Waals surface area contributed by atoms with Crippen molar-refractivity contribution in [1.82, 2.24) is 15.5 Å². The lowest BCUT2D eigenvalue weighted by molar-refractivity contribution is -0.140. The summed E-state index contributed by atoms with van der Waals surface area (Å²) >= 11 is 6.28. The topological polar surface area (TPSA) is 83.0 Å². The van der Waals surface area contributed by atoms with Crippen LogP contribution in [0.5, 0.6) is 5.75 Å². The molecule has 2 fully saturated rings. The molecule has 0 spiro atoms. The fraction of sp³-hybridized carbons (Fsp3) is 0.500. The number of guanidine groups is 1. The number of likely N-dealkylation sites (tertiary alicyclic amines) is 1.